The maximum absolute atomic E-state index is 13.3. The molecular weight excluding hydrogens is 570 g/mol. The molecule has 0 unspecified atom stereocenters. The molecule has 2 heterocycles. The molecule has 1 atom stereocenters. The first-order valence-corrected chi connectivity index (χ1v) is 11.8. The molecule has 4 rings (SSSR count). The Morgan fingerprint density at radius 2 is 1.76 bits per heavy atom. The third-order valence-corrected chi connectivity index (χ3v) is 5.56. The zero-order valence-electron chi connectivity index (χ0n) is 22.0. The molecule has 0 aliphatic carbocycles. The zero-order chi connectivity index (χ0) is 27.1. The Kier molecular flexibility index (Phi) is 11.6. The zero-order valence-corrected chi connectivity index (χ0v) is 23.6. The molecule has 37 heavy (non-hydrogen) atoms. The normalized spacial score (nSPS) is 16.5. The summed E-state index contributed by atoms with van der Waals surface area (Å²) < 4.78 is 18.7. The molecule has 8 nitrogen and oxygen atoms in total. The maximum atomic E-state index is 13.3. The van der Waals surface area contributed by atoms with Gasteiger partial charge in [0.25, 0.3) is 0 Å². The number of halogens is 1. The number of hydrogen-bond donors (Lipinski definition) is 1. The summed E-state index contributed by atoms with van der Waals surface area (Å²) in [6.45, 7) is 14.0. The van der Waals surface area contributed by atoms with Crippen molar-refractivity contribution >= 4 is 35.4 Å². The van der Waals surface area contributed by atoms with Gasteiger partial charge >= 0.3 is 6.09 Å². The van der Waals surface area contributed by atoms with Crippen LogP contribution in [0.5, 0.6) is 0 Å². The van der Waals surface area contributed by atoms with E-state index in [0.717, 1.165) is 10.9 Å². The summed E-state index contributed by atoms with van der Waals surface area (Å²) in [5.41, 5.74) is 1.35. The van der Waals surface area contributed by atoms with E-state index in [1.807, 2.05) is 54.4 Å². The molecule has 0 radical (unpaired) electrons. The van der Waals surface area contributed by atoms with Crippen molar-refractivity contribution in [3.63, 3.8) is 0 Å². The van der Waals surface area contributed by atoms with Gasteiger partial charge in [-0.3, -0.25) is 4.79 Å². The molecule has 0 saturated carbocycles. The molecule has 1 aliphatic heterocycles. The van der Waals surface area contributed by atoms with E-state index in [1.165, 1.54) is 12.1 Å². The van der Waals surface area contributed by atoms with Gasteiger partial charge < -0.3 is 29.9 Å². The summed E-state index contributed by atoms with van der Waals surface area (Å²) in [6.07, 6.45) is 0.133. The van der Waals surface area contributed by atoms with Crippen LogP contribution in [0.15, 0.2) is 42.5 Å². The Bertz CT molecular complexity index is 1190. The Morgan fingerprint density at radius 1 is 1.14 bits per heavy atom. The molecule has 1 aromatic heterocycles. The third kappa shape index (κ3) is 7.95. The Morgan fingerprint density at radius 3 is 2.35 bits per heavy atom. The number of nitrogens with zero attached hydrogens (tertiary/aromatic N) is 3. The SMILES string of the molecule is C=O.CC.CC(C)(C)OC(=O)N1CC[C@@](C)(C(=O)Nc2ccc3[n-]nc(-c4ccc(F)cc4)c3c2)C1.[Pd]. The smallest absolute Gasteiger partial charge is 0.410 e. The molecule has 1 saturated heterocycles. The van der Waals surface area contributed by atoms with E-state index in [9.17, 15) is 14.0 Å². The van der Waals surface area contributed by atoms with Crippen LogP contribution in [0.3, 0.4) is 0 Å². The number of rotatable bonds is 3. The molecule has 2 amide bonds. The number of likely N-dealkylation sites (tertiary alicyclic amines) is 1. The number of ether oxygens (including phenoxy) is 1. The average Bonchev–Trinajstić information content (AvgIpc) is 3.46. The second-order valence-electron chi connectivity index (χ2n) is 9.45. The number of aromatic nitrogens is 2. The van der Waals surface area contributed by atoms with Crippen molar-refractivity contribution in [3.05, 3.63) is 48.3 Å². The minimum Gasteiger partial charge on any atom is -0.574 e. The van der Waals surface area contributed by atoms with Gasteiger partial charge in [0.15, 0.2) is 0 Å². The van der Waals surface area contributed by atoms with E-state index in [2.05, 4.69) is 15.5 Å². The maximum Gasteiger partial charge on any atom is 0.410 e. The minimum absolute atomic E-state index is 0. The van der Waals surface area contributed by atoms with E-state index in [1.54, 1.807) is 29.2 Å². The summed E-state index contributed by atoms with van der Waals surface area (Å²) in [5, 5.41) is 12.1. The quantitative estimate of drug-likeness (QED) is 0.401. The third-order valence-electron chi connectivity index (χ3n) is 5.56. The summed E-state index contributed by atoms with van der Waals surface area (Å²) in [7, 11) is 0. The second kappa shape index (κ2) is 13.5. The van der Waals surface area contributed by atoms with Crippen LogP contribution in [0, 0.1) is 11.2 Å². The van der Waals surface area contributed by atoms with Crippen LogP contribution >= 0.6 is 0 Å². The van der Waals surface area contributed by atoms with Crippen molar-refractivity contribution in [2.45, 2.75) is 53.6 Å². The largest absolute Gasteiger partial charge is 0.574 e. The number of carbonyl (C=O) groups is 3. The summed E-state index contributed by atoms with van der Waals surface area (Å²) in [6, 6.07) is 11.4. The number of amides is 2. The molecule has 0 spiro atoms. The van der Waals surface area contributed by atoms with Crippen molar-refractivity contribution in [2.75, 3.05) is 18.4 Å². The molecule has 1 N–H and O–H groups in total. The fraction of sp³-hybridized carbons (Fsp3) is 0.407. The number of fused-ring (bicyclic) bond motifs is 1. The molecule has 1 fully saturated rings. The van der Waals surface area contributed by atoms with Crippen LogP contribution in [0.1, 0.15) is 48.0 Å². The van der Waals surface area contributed by atoms with Crippen LogP contribution in [0.25, 0.3) is 22.2 Å². The minimum atomic E-state index is -0.728. The number of carbonyl (C=O) groups excluding carboxylic acids is 3. The van der Waals surface area contributed by atoms with Gasteiger partial charge in [-0.2, -0.15) is 0 Å². The van der Waals surface area contributed by atoms with Gasteiger partial charge in [0.2, 0.25) is 5.91 Å². The van der Waals surface area contributed by atoms with Crippen molar-refractivity contribution in [3.8, 4) is 11.3 Å². The average molecular weight is 604 g/mol. The Hall–Kier alpha value is -3.09. The van der Waals surface area contributed by atoms with Gasteiger partial charge in [-0.1, -0.05) is 19.9 Å². The fourth-order valence-corrected chi connectivity index (χ4v) is 3.78. The summed E-state index contributed by atoms with van der Waals surface area (Å²) in [5.74, 6) is -0.491. The van der Waals surface area contributed by atoms with Gasteiger partial charge in [0.1, 0.15) is 18.2 Å². The molecule has 204 valence electrons. The molecule has 2 aromatic carbocycles. The van der Waals surface area contributed by atoms with E-state index < -0.39 is 17.1 Å². The van der Waals surface area contributed by atoms with Crippen LogP contribution in [-0.2, 0) is 34.7 Å². The van der Waals surface area contributed by atoms with Crippen molar-refractivity contribution < 1.29 is 43.9 Å². The van der Waals surface area contributed by atoms with E-state index in [0.29, 0.717) is 29.9 Å². The van der Waals surface area contributed by atoms with E-state index >= 15 is 0 Å². The monoisotopic (exact) mass is 603 g/mol. The van der Waals surface area contributed by atoms with Gasteiger partial charge in [0, 0.05) is 39.2 Å². The van der Waals surface area contributed by atoms with Gasteiger partial charge in [0.05, 0.1) is 11.1 Å². The summed E-state index contributed by atoms with van der Waals surface area (Å²) in [4.78, 5) is 35.0. The Balaban J connectivity index is 0.00000131. The summed E-state index contributed by atoms with van der Waals surface area (Å²) >= 11 is 0. The van der Waals surface area contributed by atoms with Crippen molar-refractivity contribution in [1.29, 1.82) is 0 Å². The standard InChI is InChI=1S/C24H27FN4O3.C2H6.CH2O.Pd/c1-23(2,3)32-22(31)29-12-11-24(4,14-29)21(30)26-17-9-10-19-18(13-17)20(28-27-19)15-5-7-16(25)8-6-15;2*1-2;/h5-10,13H,11-12,14H2,1-4H3,(H2,26,27,28,30);1-2H3;1H2;/p-1/t24-;;;/m1.../s1. The number of nitrogens with one attached hydrogen (secondary N) is 1. The van der Waals surface area contributed by atoms with Gasteiger partial charge in [-0.25, -0.2) is 9.18 Å². The van der Waals surface area contributed by atoms with Gasteiger partial charge in [-0.05, 0) is 81.5 Å². The predicted octanol–water partition coefficient (Wildman–Crippen LogP) is 5.42. The van der Waals surface area contributed by atoms with Crippen LogP contribution in [0.4, 0.5) is 14.9 Å². The molecule has 0 bridgehead atoms. The number of benzene rings is 2. The first kappa shape index (κ1) is 31.9. The predicted molar refractivity (Wildman–Crippen MR) is 138 cm³/mol. The molecule has 10 heteroatoms. The molecule has 1 aliphatic rings. The fourth-order valence-electron chi connectivity index (χ4n) is 3.78. The van der Waals surface area contributed by atoms with E-state index in [-0.39, 0.29) is 38.7 Å². The first-order chi connectivity index (χ1) is 17.0. The van der Waals surface area contributed by atoms with Crippen LogP contribution in [-0.4, -0.2) is 47.5 Å². The Labute approximate surface area is 231 Å². The number of hydrogen-bond acceptors (Lipinski definition) is 5. The van der Waals surface area contributed by atoms with Crippen molar-refractivity contribution in [1.82, 2.24) is 15.1 Å². The van der Waals surface area contributed by atoms with Crippen LogP contribution in [0.2, 0.25) is 0 Å². The first-order valence-electron chi connectivity index (χ1n) is 11.8. The van der Waals surface area contributed by atoms with E-state index in [4.69, 9.17) is 9.53 Å². The second-order valence-corrected chi connectivity index (χ2v) is 9.45. The number of anilines is 1. The van der Waals surface area contributed by atoms with Crippen LogP contribution < -0.4 is 10.4 Å². The van der Waals surface area contributed by atoms with Crippen molar-refractivity contribution in [2.24, 2.45) is 5.41 Å². The molecular formula is C27H34FN4O4Pd-. The molecule has 3 aromatic rings. The topological polar surface area (TPSA) is 103 Å². The van der Waals surface area contributed by atoms with Gasteiger partial charge in [-0.15, -0.1) is 5.52 Å².